The highest BCUT2D eigenvalue weighted by molar-refractivity contribution is 5.95. The third-order valence-corrected chi connectivity index (χ3v) is 6.04. The van der Waals surface area contributed by atoms with Crippen molar-refractivity contribution in [1.82, 2.24) is 10.2 Å². The maximum Gasteiger partial charge on any atom is 0.329 e. The first-order valence-corrected chi connectivity index (χ1v) is 11.6. The van der Waals surface area contributed by atoms with Gasteiger partial charge in [-0.2, -0.15) is 0 Å². The molecule has 0 saturated heterocycles. The minimum atomic E-state index is -0.864. The summed E-state index contributed by atoms with van der Waals surface area (Å²) in [4.78, 5) is 39.7. The molecule has 1 aliphatic heterocycles. The van der Waals surface area contributed by atoms with Crippen molar-refractivity contribution in [2.45, 2.75) is 25.4 Å². The highest BCUT2D eigenvalue weighted by atomic mass is 16.5. The molecule has 1 atom stereocenters. The van der Waals surface area contributed by atoms with Crippen LogP contribution in [0, 0.1) is 0 Å². The van der Waals surface area contributed by atoms with Crippen LogP contribution in [0.1, 0.15) is 27.2 Å². The maximum atomic E-state index is 13.0. The van der Waals surface area contributed by atoms with Gasteiger partial charge in [-0.05, 0) is 47.4 Å². The highest BCUT2D eigenvalue weighted by Gasteiger charge is 2.37. The number of benzene rings is 2. The van der Waals surface area contributed by atoms with Gasteiger partial charge in [0.15, 0.2) is 23.9 Å². The van der Waals surface area contributed by atoms with Crippen molar-refractivity contribution in [3.8, 4) is 11.5 Å². The maximum absolute atomic E-state index is 13.0. The fourth-order valence-corrected chi connectivity index (χ4v) is 4.16. The van der Waals surface area contributed by atoms with E-state index in [1.807, 2.05) is 36.4 Å². The average Bonchev–Trinajstić information content (AvgIpc) is 3.45. The van der Waals surface area contributed by atoms with Gasteiger partial charge in [0.05, 0.1) is 20.5 Å². The number of hydrogen-bond acceptors (Lipinski definition) is 7. The lowest BCUT2D eigenvalue weighted by Crippen LogP contribution is -2.49. The molecule has 1 aliphatic rings. The first-order valence-electron chi connectivity index (χ1n) is 11.6. The zero-order chi connectivity index (χ0) is 25.5. The lowest BCUT2D eigenvalue weighted by molar-refractivity contribution is -0.153. The fourth-order valence-electron chi connectivity index (χ4n) is 4.16. The number of nitrogens with zero attached hydrogens (tertiary/aromatic N) is 1. The molecule has 1 N–H and O–H groups in total. The third kappa shape index (κ3) is 5.68. The van der Waals surface area contributed by atoms with E-state index in [-0.39, 0.29) is 12.3 Å². The number of ether oxygens (including phenoxy) is 3. The number of carbonyl (C=O) groups is 3. The fraction of sp³-hybridized carbons (Fsp3) is 0.296. The van der Waals surface area contributed by atoms with Gasteiger partial charge in [0.25, 0.3) is 11.8 Å². The zero-order valence-electron chi connectivity index (χ0n) is 20.2. The molecule has 0 spiro atoms. The van der Waals surface area contributed by atoms with Crippen molar-refractivity contribution in [2.24, 2.45) is 0 Å². The van der Waals surface area contributed by atoms with Gasteiger partial charge in [0.2, 0.25) is 0 Å². The second-order valence-electron chi connectivity index (χ2n) is 8.30. The number of fused-ring (bicyclic) bond motifs is 1. The SMILES string of the molecule is COc1ccc(CCNC(=O)COC(=O)C2Cc3ccccc3CN2C(=O)c2ccco2)cc1OC. The molecule has 36 heavy (non-hydrogen) atoms. The Kier molecular flexibility index (Phi) is 7.89. The van der Waals surface area contributed by atoms with Crippen LogP contribution >= 0.6 is 0 Å². The van der Waals surface area contributed by atoms with Gasteiger partial charge in [0.1, 0.15) is 6.04 Å². The summed E-state index contributed by atoms with van der Waals surface area (Å²) in [5.74, 6) is -0.0978. The van der Waals surface area contributed by atoms with Gasteiger partial charge < -0.3 is 28.8 Å². The van der Waals surface area contributed by atoms with Crippen molar-refractivity contribution >= 4 is 17.8 Å². The number of carbonyl (C=O) groups excluding carboxylic acids is 3. The highest BCUT2D eigenvalue weighted by Crippen LogP contribution is 2.28. The summed E-state index contributed by atoms with van der Waals surface area (Å²) in [6.45, 7) is 0.157. The standard InChI is InChI=1S/C27H28N2O7/c1-33-22-10-9-18(14-24(22)34-2)11-12-28-25(30)17-36-27(32)21-15-19-6-3-4-7-20(19)16-29(21)26(31)23-8-5-13-35-23/h3-10,13-14,21H,11-12,15-17H2,1-2H3,(H,28,30). The smallest absolute Gasteiger partial charge is 0.329 e. The molecule has 0 aliphatic carbocycles. The van der Waals surface area contributed by atoms with Gasteiger partial charge in [-0.1, -0.05) is 30.3 Å². The number of furan rings is 1. The normalized spacial score (nSPS) is 14.5. The molecule has 0 fully saturated rings. The first kappa shape index (κ1) is 24.8. The van der Waals surface area contributed by atoms with Crippen molar-refractivity contribution in [1.29, 1.82) is 0 Å². The number of amides is 2. The summed E-state index contributed by atoms with van der Waals surface area (Å²) in [6, 6.07) is 15.5. The van der Waals surface area contributed by atoms with Crippen LogP contribution in [0.2, 0.25) is 0 Å². The van der Waals surface area contributed by atoms with E-state index in [1.165, 1.54) is 11.2 Å². The number of methoxy groups -OCH3 is 2. The molecule has 188 valence electrons. The van der Waals surface area contributed by atoms with Crippen LogP contribution in [0.25, 0.3) is 0 Å². The van der Waals surface area contributed by atoms with Gasteiger partial charge >= 0.3 is 5.97 Å². The molecule has 9 heteroatoms. The molecule has 2 heterocycles. The Balaban J connectivity index is 1.33. The second-order valence-corrected chi connectivity index (χ2v) is 8.30. The molecular formula is C27H28N2O7. The van der Waals surface area contributed by atoms with Gasteiger partial charge in [-0.15, -0.1) is 0 Å². The molecule has 4 rings (SSSR count). The zero-order valence-corrected chi connectivity index (χ0v) is 20.2. The molecule has 1 unspecified atom stereocenters. The molecule has 2 amide bonds. The van der Waals surface area contributed by atoms with Crippen LogP contribution < -0.4 is 14.8 Å². The topological polar surface area (TPSA) is 107 Å². The minimum Gasteiger partial charge on any atom is -0.493 e. The van der Waals surface area contributed by atoms with Crippen molar-refractivity contribution in [3.63, 3.8) is 0 Å². The van der Waals surface area contributed by atoms with Crippen LogP contribution in [-0.2, 0) is 33.7 Å². The molecule has 0 saturated carbocycles. The first-order chi connectivity index (χ1) is 17.5. The number of rotatable bonds is 9. The number of esters is 1. The van der Waals surface area contributed by atoms with Gasteiger partial charge in [-0.25, -0.2) is 4.79 Å². The molecule has 0 radical (unpaired) electrons. The lowest BCUT2D eigenvalue weighted by Gasteiger charge is -2.34. The third-order valence-electron chi connectivity index (χ3n) is 6.04. The van der Waals surface area contributed by atoms with Crippen LogP contribution in [0.3, 0.4) is 0 Å². The molecule has 0 bridgehead atoms. The molecule has 9 nitrogen and oxygen atoms in total. The van der Waals surface area contributed by atoms with Crippen molar-refractivity contribution in [3.05, 3.63) is 83.3 Å². The van der Waals surface area contributed by atoms with Crippen LogP contribution in [0.4, 0.5) is 0 Å². The molecule has 1 aromatic heterocycles. The van der Waals surface area contributed by atoms with Crippen LogP contribution in [-0.4, -0.2) is 56.1 Å². The van der Waals surface area contributed by atoms with E-state index in [0.717, 1.165) is 16.7 Å². The van der Waals surface area contributed by atoms with E-state index in [1.54, 1.807) is 32.4 Å². The Morgan fingerprint density at radius 1 is 1.00 bits per heavy atom. The number of hydrogen-bond donors (Lipinski definition) is 1. The summed E-state index contributed by atoms with van der Waals surface area (Å²) in [5.41, 5.74) is 2.87. The largest absolute Gasteiger partial charge is 0.493 e. The van der Waals surface area contributed by atoms with E-state index >= 15 is 0 Å². The Morgan fingerprint density at radius 3 is 2.50 bits per heavy atom. The predicted octanol–water partition coefficient (Wildman–Crippen LogP) is 2.77. The Hall–Kier alpha value is -4.27. The van der Waals surface area contributed by atoms with Crippen molar-refractivity contribution in [2.75, 3.05) is 27.4 Å². The van der Waals surface area contributed by atoms with Crippen molar-refractivity contribution < 1.29 is 33.0 Å². The van der Waals surface area contributed by atoms with Gasteiger partial charge in [-0.3, -0.25) is 9.59 Å². The average molecular weight is 493 g/mol. The quantitative estimate of drug-likeness (QED) is 0.458. The summed E-state index contributed by atoms with van der Waals surface area (Å²) in [5, 5.41) is 2.74. The minimum absolute atomic E-state index is 0.139. The van der Waals surface area contributed by atoms with Gasteiger partial charge in [0, 0.05) is 19.5 Å². The Labute approximate surface area is 208 Å². The molecular weight excluding hydrogens is 464 g/mol. The monoisotopic (exact) mass is 492 g/mol. The summed E-state index contributed by atoms with van der Waals surface area (Å²) >= 11 is 0. The lowest BCUT2D eigenvalue weighted by atomic mass is 9.93. The predicted molar refractivity (Wildman–Crippen MR) is 130 cm³/mol. The summed E-state index contributed by atoms with van der Waals surface area (Å²) in [6.07, 6.45) is 2.26. The van der Waals surface area contributed by atoms with Crippen LogP contribution in [0.15, 0.2) is 65.3 Å². The van der Waals surface area contributed by atoms with E-state index in [4.69, 9.17) is 18.6 Å². The van der Waals surface area contributed by atoms with E-state index < -0.39 is 30.4 Å². The Bertz CT molecular complexity index is 1220. The van der Waals surface area contributed by atoms with E-state index in [0.29, 0.717) is 30.9 Å². The van der Waals surface area contributed by atoms with E-state index in [2.05, 4.69) is 5.32 Å². The molecule has 3 aromatic rings. The van der Waals surface area contributed by atoms with E-state index in [9.17, 15) is 14.4 Å². The summed E-state index contributed by atoms with van der Waals surface area (Å²) in [7, 11) is 3.13. The summed E-state index contributed by atoms with van der Waals surface area (Å²) < 4.78 is 21.1. The Morgan fingerprint density at radius 2 is 1.78 bits per heavy atom. The molecule has 2 aromatic carbocycles. The van der Waals surface area contributed by atoms with Crippen LogP contribution in [0.5, 0.6) is 11.5 Å². The number of nitrogens with one attached hydrogen (secondary N) is 1. The second kappa shape index (κ2) is 11.4.